The lowest BCUT2D eigenvalue weighted by Crippen LogP contribution is -2.01. The molecule has 0 spiro atoms. The SMILES string of the molecule is CNc1[c]ccc(NC)c1NC. The average molecular weight is 164 g/mol. The van der Waals surface area contributed by atoms with Gasteiger partial charge in [0.1, 0.15) is 0 Å². The molecule has 0 aliphatic heterocycles. The van der Waals surface area contributed by atoms with E-state index in [1.54, 1.807) is 0 Å². The molecule has 0 aliphatic carbocycles. The molecule has 65 valence electrons. The summed E-state index contributed by atoms with van der Waals surface area (Å²) in [6, 6.07) is 6.96. The Morgan fingerprint density at radius 1 is 1.08 bits per heavy atom. The fraction of sp³-hybridized carbons (Fsp3) is 0.333. The van der Waals surface area contributed by atoms with E-state index in [1.165, 1.54) is 0 Å². The highest BCUT2D eigenvalue weighted by atomic mass is 15.0. The van der Waals surface area contributed by atoms with E-state index < -0.39 is 0 Å². The summed E-state index contributed by atoms with van der Waals surface area (Å²) in [6.07, 6.45) is 0. The van der Waals surface area contributed by atoms with Crippen molar-refractivity contribution >= 4 is 17.1 Å². The van der Waals surface area contributed by atoms with Gasteiger partial charge in [0, 0.05) is 27.2 Å². The van der Waals surface area contributed by atoms with Gasteiger partial charge in [0.05, 0.1) is 17.1 Å². The summed E-state index contributed by atoms with van der Waals surface area (Å²) in [5.74, 6) is 0. The van der Waals surface area contributed by atoms with Crippen LogP contribution >= 0.6 is 0 Å². The van der Waals surface area contributed by atoms with Crippen LogP contribution in [0, 0.1) is 6.07 Å². The molecule has 0 saturated carbocycles. The summed E-state index contributed by atoms with van der Waals surface area (Å²) in [5, 5.41) is 9.27. The van der Waals surface area contributed by atoms with Gasteiger partial charge >= 0.3 is 0 Å². The van der Waals surface area contributed by atoms with E-state index in [2.05, 4.69) is 22.0 Å². The van der Waals surface area contributed by atoms with Crippen LogP contribution < -0.4 is 16.0 Å². The summed E-state index contributed by atoms with van der Waals surface area (Å²) in [6.45, 7) is 0. The van der Waals surface area contributed by atoms with Crippen LogP contribution in [0.25, 0.3) is 0 Å². The first-order chi connectivity index (χ1) is 5.83. The third-order valence-corrected chi connectivity index (χ3v) is 1.77. The lowest BCUT2D eigenvalue weighted by molar-refractivity contribution is 1.41. The minimum Gasteiger partial charge on any atom is -0.386 e. The fourth-order valence-corrected chi connectivity index (χ4v) is 1.16. The third-order valence-electron chi connectivity index (χ3n) is 1.77. The fourth-order valence-electron chi connectivity index (χ4n) is 1.16. The molecule has 3 N–H and O–H groups in total. The summed E-state index contributed by atoms with van der Waals surface area (Å²) in [4.78, 5) is 0. The highest BCUT2D eigenvalue weighted by molar-refractivity contribution is 5.81. The van der Waals surface area contributed by atoms with Gasteiger partial charge in [-0.25, -0.2) is 0 Å². The lowest BCUT2D eigenvalue weighted by Gasteiger charge is -2.12. The molecule has 1 aromatic rings. The largest absolute Gasteiger partial charge is 0.386 e. The van der Waals surface area contributed by atoms with Crippen molar-refractivity contribution in [2.75, 3.05) is 37.1 Å². The van der Waals surface area contributed by atoms with E-state index in [1.807, 2.05) is 33.3 Å². The molecule has 0 aliphatic rings. The molecule has 3 heteroatoms. The summed E-state index contributed by atoms with van der Waals surface area (Å²) >= 11 is 0. The molecule has 0 bridgehead atoms. The van der Waals surface area contributed by atoms with Gasteiger partial charge in [0.2, 0.25) is 0 Å². The second kappa shape index (κ2) is 3.85. The molecular weight excluding hydrogens is 150 g/mol. The molecule has 1 radical (unpaired) electrons. The number of hydrogen-bond acceptors (Lipinski definition) is 3. The van der Waals surface area contributed by atoms with Gasteiger partial charge in [-0.1, -0.05) is 6.07 Å². The Morgan fingerprint density at radius 3 is 2.33 bits per heavy atom. The number of rotatable bonds is 3. The summed E-state index contributed by atoms with van der Waals surface area (Å²) in [7, 11) is 5.67. The van der Waals surface area contributed by atoms with E-state index in [9.17, 15) is 0 Å². The number of nitrogens with one attached hydrogen (secondary N) is 3. The van der Waals surface area contributed by atoms with E-state index in [0.717, 1.165) is 17.1 Å². The molecule has 0 aromatic heterocycles. The van der Waals surface area contributed by atoms with Gasteiger partial charge in [-0.15, -0.1) is 0 Å². The third kappa shape index (κ3) is 1.44. The quantitative estimate of drug-likeness (QED) is 0.635. The predicted molar refractivity (Wildman–Crippen MR) is 53.9 cm³/mol. The van der Waals surface area contributed by atoms with Crippen LogP contribution in [0.1, 0.15) is 0 Å². The first kappa shape index (κ1) is 8.71. The Hall–Kier alpha value is -1.38. The van der Waals surface area contributed by atoms with Crippen LogP contribution in [0.15, 0.2) is 12.1 Å². The van der Waals surface area contributed by atoms with Gasteiger partial charge < -0.3 is 16.0 Å². The van der Waals surface area contributed by atoms with Crippen molar-refractivity contribution in [1.29, 1.82) is 0 Å². The zero-order valence-electron chi connectivity index (χ0n) is 7.65. The van der Waals surface area contributed by atoms with Crippen molar-refractivity contribution in [2.45, 2.75) is 0 Å². The van der Waals surface area contributed by atoms with Gasteiger partial charge in [-0.3, -0.25) is 0 Å². The minimum atomic E-state index is 0.976. The van der Waals surface area contributed by atoms with Crippen molar-refractivity contribution in [3.05, 3.63) is 18.2 Å². The highest BCUT2D eigenvalue weighted by Gasteiger charge is 2.02. The topological polar surface area (TPSA) is 36.1 Å². The molecule has 3 nitrogen and oxygen atoms in total. The highest BCUT2D eigenvalue weighted by Crippen LogP contribution is 2.28. The van der Waals surface area contributed by atoms with E-state index in [4.69, 9.17) is 0 Å². The van der Waals surface area contributed by atoms with Gasteiger partial charge in [0.25, 0.3) is 0 Å². The molecule has 0 amide bonds. The molecule has 1 aromatic carbocycles. The minimum absolute atomic E-state index is 0.976. The second-order valence-electron chi connectivity index (χ2n) is 2.39. The lowest BCUT2D eigenvalue weighted by atomic mass is 10.2. The van der Waals surface area contributed by atoms with Crippen LogP contribution in [0.5, 0.6) is 0 Å². The Labute approximate surface area is 73.2 Å². The van der Waals surface area contributed by atoms with Crippen molar-refractivity contribution < 1.29 is 0 Å². The molecule has 0 atom stereocenters. The van der Waals surface area contributed by atoms with Crippen LogP contribution in [0.3, 0.4) is 0 Å². The maximum Gasteiger partial charge on any atom is 0.0815 e. The zero-order valence-corrected chi connectivity index (χ0v) is 7.65. The Morgan fingerprint density at radius 2 is 1.83 bits per heavy atom. The molecular formula is C9H14N3. The average Bonchev–Trinajstić information content (AvgIpc) is 2.16. The van der Waals surface area contributed by atoms with Crippen molar-refractivity contribution in [3.63, 3.8) is 0 Å². The van der Waals surface area contributed by atoms with E-state index in [-0.39, 0.29) is 0 Å². The smallest absolute Gasteiger partial charge is 0.0815 e. The number of hydrogen-bond donors (Lipinski definition) is 3. The van der Waals surface area contributed by atoms with Crippen LogP contribution in [-0.2, 0) is 0 Å². The maximum absolute atomic E-state index is 3.11. The molecule has 0 heterocycles. The van der Waals surface area contributed by atoms with Gasteiger partial charge in [-0.2, -0.15) is 0 Å². The molecule has 12 heavy (non-hydrogen) atoms. The molecule has 0 fully saturated rings. The van der Waals surface area contributed by atoms with Gasteiger partial charge in [0.15, 0.2) is 0 Å². The number of anilines is 3. The first-order valence-electron chi connectivity index (χ1n) is 3.91. The summed E-state index contributed by atoms with van der Waals surface area (Å²) in [5.41, 5.74) is 3.09. The maximum atomic E-state index is 3.11. The van der Waals surface area contributed by atoms with Crippen LogP contribution in [-0.4, -0.2) is 21.1 Å². The second-order valence-corrected chi connectivity index (χ2v) is 2.39. The van der Waals surface area contributed by atoms with Crippen molar-refractivity contribution in [3.8, 4) is 0 Å². The Bertz CT molecular complexity index is 236. The monoisotopic (exact) mass is 164 g/mol. The normalized spacial score (nSPS) is 9.25. The molecule has 0 saturated heterocycles. The predicted octanol–water partition coefficient (Wildman–Crippen LogP) is 1.61. The summed E-state index contributed by atoms with van der Waals surface area (Å²) < 4.78 is 0. The first-order valence-corrected chi connectivity index (χ1v) is 3.91. The Kier molecular flexibility index (Phi) is 2.80. The van der Waals surface area contributed by atoms with Crippen molar-refractivity contribution in [1.82, 2.24) is 0 Å². The van der Waals surface area contributed by atoms with Crippen LogP contribution in [0.4, 0.5) is 17.1 Å². The molecule has 0 unspecified atom stereocenters. The Balaban J connectivity index is 3.13. The van der Waals surface area contributed by atoms with E-state index >= 15 is 0 Å². The standard InChI is InChI=1S/C9H14N3/c1-10-7-5-4-6-8(11-2)9(7)12-3/h4-5,10-12H,1-3H3. The van der Waals surface area contributed by atoms with Crippen molar-refractivity contribution in [2.24, 2.45) is 0 Å². The zero-order chi connectivity index (χ0) is 8.97. The number of benzene rings is 1. The van der Waals surface area contributed by atoms with E-state index in [0.29, 0.717) is 0 Å². The molecule has 1 rings (SSSR count). The van der Waals surface area contributed by atoms with Gasteiger partial charge in [-0.05, 0) is 6.07 Å². The van der Waals surface area contributed by atoms with Crippen LogP contribution in [0.2, 0.25) is 0 Å².